The molecule has 0 spiro atoms. The third kappa shape index (κ3) is 2.90. The number of amides is 1. The van der Waals surface area contributed by atoms with Gasteiger partial charge < -0.3 is 10.4 Å². The molecule has 2 heterocycles. The molecule has 20 heavy (non-hydrogen) atoms. The van der Waals surface area contributed by atoms with Crippen LogP contribution in [0.25, 0.3) is 5.78 Å². The molecular weight excluding hydrogens is 262 g/mol. The molecule has 8 heteroatoms. The summed E-state index contributed by atoms with van der Waals surface area (Å²) >= 11 is 0. The lowest BCUT2D eigenvalue weighted by Crippen LogP contribution is -2.45. The molecule has 0 saturated heterocycles. The van der Waals surface area contributed by atoms with Gasteiger partial charge in [0.2, 0.25) is 5.82 Å². The van der Waals surface area contributed by atoms with Gasteiger partial charge in [0.15, 0.2) is 0 Å². The van der Waals surface area contributed by atoms with Gasteiger partial charge in [0, 0.05) is 17.4 Å². The van der Waals surface area contributed by atoms with E-state index in [1.165, 1.54) is 4.52 Å². The van der Waals surface area contributed by atoms with Crippen molar-refractivity contribution in [3.8, 4) is 0 Å². The van der Waals surface area contributed by atoms with Gasteiger partial charge >= 0.3 is 5.97 Å². The number of aliphatic carboxylic acids is 1. The van der Waals surface area contributed by atoms with Crippen molar-refractivity contribution in [1.82, 2.24) is 24.9 Å². The number of hydrogen-bond acceptors (Lipinski definition) is 5. The number of nitrogens with zero attached hydrogens (tertiary/aromatic N) is 4. The van der Waals surface area contributed by atoms with Gasteiger partial charge in [0.05, 0.1) is 6.42 Å². The van der Waals surface area contributed by atoms with Crippen LogP contribution in [0.4, 0.5) is 0 Å². The fraction of sp³-hybridized carbons (Fsp3) is 0.417. The normalized spacial score (nSPS) is 11.6. The highest BCUT2D eigenvalue weighted by Crippen LogP contribution is 2.09. The number of aryl methyl sites for hydroxylation is 1. The van der Waals surface area contributed by atoms with Crippen LogP contribution in [0.1, 0.15) is 36.6 Å². The van der Waals surface area contributed by atoms with Crippen molar-refractivity contribution in [3.05, 3.63) is 23.8 Å². The minimum absolute atomic E-state index is 0.0368. The first-order valence-electron chi connectivity index (χ1n) is 6.01. The Morgan fingerprint density at radius 1 is 1.45 bits per heavy atom. The van der Waals surface area contributed by atoms with Crippen LogP contribution >= 0.6 is 0 Å². The van der Waals surface area contributed by atoms with Crippen molar-refractivity contribution >= 4 is 17.7 Å². The summed E-state index contributed by atoms with van der Waals surface area (Å²) in [6.07, 6.45) is 1.39. The maximum Gasteiger partial charge on any atom is 0.305 e. The Bertz CT molecular complexity index is 677. The Morgan fingerprint density at radius 3 is 2.75 bits per heavy atom. The summed E-state index contributed by atoms with van der Waals surface area (Å²) in [6.45, 7) is 5.07. The van der Waals surface area contributed by atoms with Crippen LogP contribution in [0, 0.1) is 6.92 Å². The van der Waals surface area contributed by atoms with E-state index in [0.29, 0.717) is 5.78 Å². The van der Waals surface area contributed by atoms with Crippen molar-refractivity contribution in [2.75, 3.05) is 0 Å². The van der Waals surface area contributed by atoms with Gasteiger partial charge in [-0.3, -0.25) is 9.59 Å². The van der Waals surface area contributed by atoms with Crippen LogP contribution in [-0.4, -0.2) is 42.1 Å². The molecule has 0 aromatic carbocycles. The number of carbonyl (C=O) groups is 2. The average molecular weight is 277 g/mol. The topological polar surface area (TPSA) is 109 Å². The minimum Gasteiger partial charge on any atom is -0.481 e. The molecule has 0 unspecified atom stereocenters. The number of nitrogens with one attached hydrogen (secondary N) is 1. The van der Waals surface area contributed by atoms with E-state index in [0.717, 1.165) is 5.69 Å². The minimum atomic E-state index is -0.990. The van der Waals surface area contributed by atoms with Gasteiger partial charge in [-0.05, 0) is 26.8 Å². The third-order valence-corrected chi connectivity index (χ3v) is 2.68. The van der Waals surface area contributed by atoms with Crippen molar-refractivity contribution in [3.63, 3.8) is 0 Å². The summed E-state index contributed by atoms with van der Waals surface area (Å²) in [5.41, 5.74) is -0.0885. The monoisotopic (exact) mass is 277 g/mol. The van der Waals surface area contributed by atoms with Gasteiger partial charge in [-0.2, -0.15) is 4.98 Å². The van der Waals surface area contributed by atoms with Crippen LogP contribution in [0.2, 0.25) is 0 Å². The molecular formula is C12H15N5O3. The Morgan fingerprint density at radius 2 is 2.15 bits per heavy atom. The van der Waals surface area contributed by atoms with Crippen molar-refractivity contribution in [2.24, 2.45) is 0 Å². The lowest BCUT2D eigenvalue weighted by atomic mass is 10.0. The molecule has 0 radical (unpaired) electrons. The molecule has 0 fully saturated rings. The Hall–Kier alpha value is -2.51. The third-order valence-electron chi connectivity index (χ3n) is 2.68. The first-order chi connectivity index (χ1) is 9.28. The molecule has 1 amide bonds. The van der Waals surface area contributed by atoms with E-state index >= 15 is 0 Å². The molecule has 2 rings (SSSR count). The molecule has 0 saturated carbocycles. The summed E-state index contributed by atoms with van der Waals surface area (Å²) < 4.78 is 1.46. The summed E-state index contributed by atoms with van der Waals surface area (Å²) in [5.74, 6) is -1.23. The molecule has 2 aromatic heterocycles. The van der Waals surface area contributed by atoms with Crippen LogP contribution < -0.4 is 5.32 Å². The van der Waals surface area contributed by atoms with E-state index < -0.39 is 17.4 Å². The number of carbonyl (C=O) groups excluding carboxylic acids is 1. The van der Waals surface area contributed by atoms with Crippen molar-refractivity contribution in [2.45, 2.75) is 32.7 Å². The number of aromatic nitrogens is 4. The van der Waals surface area contributed by atoms with Crippen LogP contribution in [0.3, 0.4) is 0 Å². The van der Waals surface area contributed by atoms with Crippen LogP contribution in [-0.2, 0) is 4.79 Å². The summed E-state index contributed by atoms with van der Waals surface area (Å²) in [6, 6.07) is 1.75. The number of carboxylic acid groups (broad SMARTS) is 1. The van der Waals surface area contributed by atoms with Crippen molar-refractivity contribution in [1.29, 1.82) is 0 Å². The van der Waals surface area contributed by atoms with Crippen LogP contribution in [0.5, 0.6) is 0 Å². The summed E-state index contributed by atoms with van der Waals surface area (Å²) in [5, 5.41) is 15.4. The molecule has 0 aliphatic heterocycles. The van der Waals surface area contributed by atoms with Crippen molar-refractivity contribution < 1.29 is 14.7 Å². The average Bonchev–Trinajstić information content (AvgIpc) is 2.71. The highest BCUT2D eigenvalue weighted by molar-refractivity contribution is 5.91. The molecule has 8 nitrogen and oxygen atoms in total. The van der Waals surface area contributed by atoms with Gasteiger partial charge in [-0.1, -0.05) is 0 Å². The van der Waals surface area contributed by atoms with E-state index in [1.54, 1.807) is 26.1 Å². The molecule has 0 atom stereocenters. The van der Waals surface area contributed by atoms with Gasteiger partial charge in [0.1, 0.15) is 0 Å². The second-order valence-corrected chi connectivity index (χ2v) is 5.14. The zero-order valence-corrected chi connectivity index (χ0v) is 11.4. The Labute approximate surface area is 114 Å². The molecule has 106 valence electrons. The zero-order valence-electron chi connectivity index (χ0n) is 11.4. The Balaban J connectivity index is 2.23. The first-order valence-corrected chi connectivity index (χ1v) is 6.01. The predicted molar refractivity (Wildman–Crippen MR) is 69.3 cm³/mol. The SMILES string of the molecule is Cc1ccnc2nc(C(=O)NC(C)(C)CC(=O)O)nn12. The molecule has 0 aliphatic rings. The molecule has 0 bridgehead atoms. The predicted octanol–water partition coefficient (Wildman–Crippen LogP) is 0.416. The van der Waals surface area contributed by atoms with E-state index in [-0.39, 0.29) is 12.2 Å². The standard InChI is InChI=1S/C12H15N5O3/c1-7-4-5-13-11-14-9(16-17(7)11)10(20)15-12(2,3)6-8(18)19/h4-5H,6H2,1-3H3,(H,15,20)(H,18,19). The summed E-state index contributed by atoms with van der Waals surface area (Å²) in [7, 11) is 0. The van der Waals surface area contributed by atoms with E-state index in [4.69, 9.17) is 5.11 Å². The second-order valence-electron chi connectivity index (χ2n) is 5.14. The zero-order chi connectivity index (χ0) is 14.9. The second kappa shape index (κ2) is 4.87. The number of fused-ring (bicyclic) bond motifs is 1. The highest BCUT2D eigenvalue weighted by atomic mass is 16.4. The fourth-order valence-corrected chi connectivity index (χ4v) is 1.79. The molecule has 0 aliphatic carbocycles. The van der Waals surface area contributed by atoms with Gasteiger partial charge in [-0.15, -0.1) is 5.10 Å². The van der Waals surface area contributed by atoms with Crippen LogP contribution in [0.15, 0.2) is 12.3 Å². The maximum absolute atomic E-state index is 12.1. The first kappa shape index (κ1) is 13.9. The summed E-state index contributed by atoms with van der Waals surface area (Å²) in [4.78, 5) is 30.8. The lowest BCUT2D eigenvalue weighted by molar-refractivity contribution is -0.138. The van der Waals surface area contributed by atoms with Gasteiger partial charge in [-0.25, -0.2) is 9.50 Å². The maximum atomic E-state index is 12.1. The number of hydrogen-bond donors (Lipinski definition) is 2. The molecule has 2 aromatic rings. The quantitative estimate of drug-likeness (QED) is 0.838. The lowest BCUT2D eigenvalue weighted by Gasteiger charge is -2.23. The smallest absolute Gasteiger partial charge is 0.305 e. The van der Waals surface area contributed by atoms with E-state index in [2.05, 4.69) is 20.4 Å². The number of rotatable bonds is 4. The van der Waals surface area contributed by atoms with Gasteiger partial charge in [0.25, 0.3) is 11.7 Å². The molecule has 2 N–H and O–H groups in total. The van der Waals surface area contributed by atoms with E-state index in [9.17, 15) is 9.59 Å². The van der Waals surface area contributed by atoms with E-state index in [1.807, 2.05) is 6.92 Å². The highest BCUT2D eigenvalue weighted by Gasteiger charge is 2.26. The largest absolute Gasteiger partial charge is 0.481 e. The number of carboxylic acids is 1. The fourth-order valence-electron chi connectivity index (χ4n) is 1.79. The Kier molecular flexibility index (Phi) is 3.39.